The molecular formula is C10H17F2NO. The Hall–Kier alpha value is -0.510. The second-order valence-electron chi connectivity index (χ2n) is 4.25. The van der Waals surface area contributed by atoms with Crippen molar-refractivity contribution in [1.29, 1.82) is 0 Å². The minimum atomic E-state index is -2.49. The summed E-state index contributed by atoms with van der Waals surface area (Å²) in [5.41, 5.74) is 5.58. The lowest BCUT2D eigenvalue weighted by atomic mass is 9.82. The van der Waals surface area contributed by atoms with Gasteiger partial charge in [0.05, 0.1) is 6.04 Å². The summed E-state index contributed by atoms with van der Waals surface area (Å²) < 4.78 is 25.6. The Morgan fingerprint density at radius 2 is 2.00 bits per heavy atom. The Labute approximate surface area is 82.9 Å². The zero-order valence-corrected chi connectivity index (χ0v) is 8.43. The lowest BCUT2D eigenvalue weighted by Crippen LogP contribution is -2.33. The average Bonchev–Trinajstić information content (AvgIpc) is 2.08. The smallest absolute Gasteiger partial charge is 0.248 e. The Morgan fingerprint density at radius 1 is 1.50 bits per heavy atom. The number of ketones is 1. The van der Waals surface area contributed by atoms with Crippen LogP contribution in [0.4, 0.5) is 8.78 Å². The third-order valence-electron chi connectivity index (χ3n) is 2.95. The van der Waals surface area contributed by atoms with Gasteiger partial charge < -0.3 is 5.73 Å². The molecule has 0 amide bonds. The van der Waals surface area contributed by atoms with Gasteiger partial charge in [-0.1, -0.05) is 0 Å². The Balaban J connectivity index is 2.32. The van der Waals surface area contributed by atoms with Crippen LogP contribution in [-0.2, 0) is 4.79 Å². The molecule has 0 aromatic heterocycles. The minimum absolute atomic E-state index is 0.0533. The summed E-state index contributed by atoms with van der Waals surface area (Å²) in [6.07, 6.45) is 1.44. The molecule has 1 rings (SSSR count). The topological polar surface area (TPSA) is 43.1 Å². The lowest BCUT2D eigenvalue weighted by Gasteiger charge is -2.29. The predicted molar refractivity (Wildman–Crippen MR) is 50.2 cm³/mol. The van der Waals surface area contributed by atoms with Crippen LogP contribution in [0.25, 0.3) is 0 Å². The molecule has 0 unspecified atom stereocenters. The van der Waals surface area contributed by atoms with E-state index in [2.05, 4.69) is 0 Å². The van der Waals surface area contributed by atoms with E-state index < -0.39 is 12.0 Å². The van der Waals surface area contributed by atoms with Gasteiger partial charge in [-0.2, -0.15) is 0 Å². The number of rotatable bonds is 3. The molecule has 0 aromatic carbocycles. The molecule has 14 heavy (non-hydrogen) atoms. The fourth-order valence-corrected chi connectivity index (χ4v) is 1.86. The second-order valence-corrected chi connectivity index (χ2v) is 4.25. The van der Waals surface area contributed by atoms with Gasteiger partial charge in [0.25, 0.3) is 0 Å². The molecule has 1 fully saturated rings. The van der Waals surface area contributed by atoms with Gasteiger partial charge >= 0.3 is 0 Å². The van der Waals surface area contributed by atoms with Crippen LogP contribution < -0.4 is 5.73 Å². The zero-order chi connectivity index (χ0) is 10.8. The average molecular weight is 205 g/mol. The summed E-state index contributed by atoms with van der Waals surface area (Å²) in [6.45, 7) is 1.45. The molecule has 0 saturated heterocycles. The monoisotopic (exact) mass is 205 g/mol. The van der Waals surface area contributed by atoms with E-state index in [1.165, 1.54) is 6.92 Å². The molecule has 82 valence electrons. The highest BCUT2D eigenvalue weighted by molar-refractivity contribution is 5.81. The minimum Gasteiger partial charge on any atom is -0.322 e. The van der Waals surface area contributed by atoms with Crippen molar-refractivity contribution in [3.63, 3.8) is 0 Å². The molecule has 1 saturated carbocycles. The number of carbonyl (C=O) groups is 1. The molecule has 0 aliphatic heterocycles. The molecule has 4 heteroatoms. The normalized spacial score (nSPS) is 24.6. The molecule has 0 heterocycles. The number of hydrogen-bond donors (Lipinski definition) is 1. The molecule has 0 spiro atoms. The van der Waals surface area contributed by atoms with Crippen molar-refractivity contribution in [3.05, 3.63) is 0 Å². The highest BCUT2D eigenvalue weighted by atomic mass is 19.3. The van der Waals surface area contributed by atoms with Gasteiger partial charge in [0.15, 0.2) is 0 Å². The molecule has 1 atom stereocenters. The summed E-state index contributed by atoms with van der Waals surface area (Å²) in [4.78, 5) is 10.9. The van der Waals surface area contributed by atoms with Crippen LogP contribution in [0, 0.1) is 5.92 Å². The van der Waals surface area contributed by atoms with E-state index in [-0.39, 0.29) is 24.5 Å². The van der Waals surface area contributed by atoms with Gasteiger partial charge in [-0.05, 0) is 32.1 Å². The van der Waals surface area contributed by atoms with E-state index in [9.17, 15) is 13.6 Å². The Morgan fingerprint density at radius 3 is 2.43 bits per heavy atom. The summed E-state index contributed by atoms with van der Waals surface area (Å²) in [6, 6.07) is -0.466. The van der Waals surface area contributed by atoms with E-state index in [0.29, 0.717) is 19.3 Å². The number of carbonyl (C=O) groups excluding carboxylic acids is 1. The standard InChI is InChI=1S/C10H17F2NO/c1-7(14)9(13)6-8-2-4-10(11,12)5-3-8/h8-9H,2-6,13H2,1H3/t9-/m1/s1. The molecule has 0 bridgehead atoms. The fourth-order valence-electron chi connectivity index (χ4n) is 1.86. The van der Waals surface area contributed by atoms with E-state index in [0.717, 1.165) is 0 Å². The first-order valence-corrected chi connectivity index (χ1v) is 5.04. The Kier molecular flexibility index (Phi) is 3.59. The Bertz CT molecular complexity index is 208. The lowest BCUT2D eigenvalue weighted by molar-refractivity contribution is -0.118. The van der Waals surface area contributed by atoms with Crippen molar-refractivity contribution in [2.75, 3.05) is 0 Å². The maximum Gasteiger partial charge on any atom is 0.248 e. The largest absolute Gasteiger partial charge is 0.322 e. The van der Waals surface area contributed by atoms with E-state index in [4.69, 9.17) is 5.73 Å². The molecular weight excluding hydrogens is 188 g/mol. The van der Waals surface area contributed by atoms with Crippen molar-refractivity contribution >= 4 is 5.78 Å². The first-order valence-electron chi connectivity index (χ1n) is 5.04. The van der Waals surface area contributed by atoms with Gasteiger partial charge in [0.1, 0.15) is 5.78 Å². The van der Waals surface area contributed by atoms with Gasteiger partial charge in [0, 0.05) is 12.8 Å². The van der Waals surface area contributed by atoms with Crippen LogP contribution >= 0.6 is 0 Å². The van der Waals surface area contributed by atoms with Crippen molar-refractivity contribution in [3.8, 4) is 0 Å². The first kappa shape index (κ1) is 11.6. The summed E-state index contributed by atoms with van der Waals surface area (Å²) in [5.74, 6) is -2.34. The SMILES string of the molecule is CC(=O)[C@H](N)CC1CCC(F)(F)CC1. The van der Waals surface area contributed by atoms with Crippen molar-refractivity contribution < 1.29 is 13.6 Å². The molecule has 2 N–H and O–H groups in total. The van der Waals surface area contributed by atoms with Crippen LogP contribution in [0.2, 0.25) is 0 Å². The van der Waals surface area contributed by atoms with Gasteiger partial charge in [0.2, 0.25) is 5.92 Å². The number of hydrogen-bond acceptors (Lipinski definition) is 2. The second kappa shape index (κ2) is 4.34. The van der Waals surface area contributed by atoms with Gasteiger partial charge in [-0.3, -0.25) is 4.79 Å². The molecule has 1 aliphatic rings. The van der Waals surface area contributed by atoms with Crippen LogP contribution in [0.15, 0.2) is 0 Å². The van der Waals surface area contributed by atoms with E-state index in [1.807, 2.05) is 0 Å². The molecule has 1 aliphatic carbocycles. The van der Waals surface area contributed by atoms with Crippen molar-refractivity contribution in [2.45, 2.75) is 51.0 Å². The van der Waals surface area contributed by atoms with Crippen molar-refractivity contribution in [1.82, 2.24) is 0 Å². The van der Waals surface area contributed by atoms with Crippen LogP contribution in [0.3, 0.4) is 0 Å². The fraction of sp³-hybridized carbons (Fsp3) is 0.900. The quantitative estimate of drug-likeness (QED) is 0.766. The number of Topliss-reactive ketones (excluding diaryl/α,β-unsaturated/α-hetero) is 1. The predicted octanol–water partition coefficient (Wildman–Crippen LogP) is 2.12. The third-order valence-corrected chi connectivity index (χ3v) is 2.95. The van der Waals surface area contributed by atoms with E-state index in [1.54, 1.807) is 0 Å². The summed E-state index contributed by atoms with van der Waals surface area (Å²) >= 11 is 0. The molecule has 2 nitrogen and oxygen atoms in total. The van der Waals surface area contributed by atoms with E-state index >= 15 is 0 Å². The highest BCUT2D eigenvalue weighted by Gasteiger charge is 2.35. The van der Waals surface area contributed by atoms with Crippen LogP contribution in [-0.4, -0.2) is 17.7 Å². The third kappa shape index (κ3) is 3.33. The van der Waals surface area contributed by atoms with Crippen LogP contribution in [0.5, 0.6) is 0 Å². The van der Waals surface area contributed by atoms with Crippen LogP contribution in [0.1, 0.15) is 39.0 Å². The summed E-state index contributed by atoms with van der Waals surface area (Å²) in [5, 5.41) is 0. The number of nitrogens with two attached hydrogens (primary N) is 1. The molecule has 0 radical (unpaired) electrons. The first-order chi connectivity index (χ1) is 6.41. The maximum absolute atomic E-state index is 12.8. The number of halogens is 2. The van der Waals surface area contributed by atoms with Gasteiger partial charge in [-0.25, -0.2) is 8.78 Å². The molecule has 0 aromatic rings. The zero-order valence-electron chi connectivity index (χ0n) is 8.43. The van der Waals surface area contributed by atoms with Gasteiger partial charge in [-0.15, -0.1) is 0 Å². The highest BCUT2D eigenvalue weighted by Crippen LogP contribution is 2.37. The number of alkyl halides is 2. The summed E-state index contributed by atoms with van der Waals surface area (Å²) in [7, 11) is 0. The van der Waals surface area contributed by atoms with Crippen molar-refractivity contribution in [2.24, 2.45) is 11.7 Å². The maximum atomic E-state index is 12.8.